The lowest BCUT2D eigenvalue weighted by atomic mass is 10.2. The van der Waals surface area contributed by atoms with Crippen LogP contribution in [-0.2, 0) is 4.84 Å². The maximum absolute atomic E-state index is 10.9. The topological polar surface area (TPSA) is 63.8 Å². The molecule has 0 unspecified atom stereocenters. The minimum Gasteiger partial charge on any atom is -0.478 e. The molecule has 1 N–H and O–H groups in total. The molecule has 2 aromatic rings. The predicted molar refractivity (Wildman–Crippen MR) is 67.3 cm³/mol. The number of nitrogens with zero attached hydrogens (tertiary/aromatic N) is 2. The zero-order chi connectivity index (χ0) is 13.0. The summed E-state index contributed by atoms with van der Waals surface area (Å²) >= 11 is 0. The Morgan fingerprint density at radius 2 is 2.22 bits per heavy atom. The number of carboxylic acids is 1. The van der Waals surface area contributed by atoms with Crippen LogP contribution in [0.2, 0.25) is 0 Å². The van der Waals surface area contributed by atoms with Gasteiger partial charge in [-0.15, -0.1) is 0 Å². The van der Waals surface area contributed by atoms with Crippen molar-refractivity contribution in [3.63, 3.8) is 0 Å². The summed E-state index contributed by atoms with van der Waals surface area (Å²) in [6.45, 7) is 0. The Morgan fingerprint density at radius 3 is 2.94 bits per heavy atom. The summed E-state index contributed by atoms with van der Waals surface area (Å²) in [5, 5.41) is 12.7. The normalized spacial score (nSPS) is 10.7. The number of aromatic nitrogens is 1. The van der Waals surface area contributed by atoms with Crippen molar-refractivity contribution >= 4 is 12.2 Å². The predicted octanol–water partition coefficient (Wildman–Crippen LogP) is 2.16. The van der Waals surface area contributed by atoms with Gasteiger partial charge in [-0.05, 0) is 30.3 Å². The fourth-order valence-electron chi connectivity index (χ4n) is 1.63. The van der Waals surface area contributed by atoms with Gasteiger partial charge in [0.05, 0.1) is 17.5 Å². The highest BCUT2D eigenvalue weighted by molar-refractivity contribution is 5.88. The van der Waals surface area contributed by atoms with E-state index in [9.17, 15) is 4.79 Å². The first-order chi connectivity index (χ1) is 8.72. The van der Waals surface area contributed by atoms with Gasteiger partial charge in [0.2, 0.25) is 0 Å². The lowest BCUT2D eigenvalue weighted by molar-refractivity contribution is 0.0697. The molecular formula is C13H12N2O3. The second-order valence-electron chi connectivity index (χ2n) is 3.58. The van der Waals surface area contributed by atoms with Crippen molar-refractivity contribution in [3.05, 3.63) is 53.9 Å². The summed E-state index contributed by atoms with van der Waals surface area (Å²) < 4.78 is 1.83. The van der Waals surface area contributed by atoms with Crippen molar-refractivity contribution in [2.45, 2.75) is 0 Å². The van der Waals surface area contributed by atoms with Crippen LogP contribution in [0.3, 0.4) is 0 Å². The summed E-state index contributed by atoms with van der Waals surface area (Å²) in [4.78, 5) is 15.6. The van der Waals surface area contributed by atoms with Crippen molar-refractivity contribution in [1.29, 1.82) is 0 Å². The van der Waals surface area contributed by atoms with Gasteiger partial charge in [0.1, 0.15) is 7.11 Å². The van der Waals surface area contributed by atoms with Crippen LogP contribution in [0.15, 0.2) is 47.8 Å². The summed E-state index contributed by atoms with van der Waals surface area (Å²) in [6.07, 6.45) is 3.39. The Hall–Kier alpha value is -2.56. The lowest BCUT2D eigenvalue weighted by Gasteiger charge is -2.06. The average Bonchev–Trinajstić information content (AvgIpc) is 2.84. The molecule has 1 aromatic carbocycles. The molecule has 18 heavy (non-hydrogen) atoms. The summed E-state index contributed by atoms with van der Waals surface area (Å²) in [5.74, 6) is -0.948. The van der Waals surface area contributed by atoms with Gasteiger partial charge in [-0.2, -0.15) is 0 Å². The molecule has 0 spiro atoms. The molecule has 0 radical (unpaired) electrons. The molecule has 0 fully saturated rings. The SMILES string of the molecule is CO/N=C\c1cccn1-c1cccc(C(=O)O)c1. The third-order valence-electron chi connectivity index (χ3n) is 2.44. The summed E-state index contributed by atoms with van der Waals surface area (Å²) in [7, 11) is 1.47. The molecule has 1 aromatic heterocycles. The van der Waals surface area contributed by atoms with Gasteiger partial charge >= 0.3 is 5.97 Å². The first-order valence-electron chi connectivity index (χ1n) is 5.30. The van der Waals surface area contributed by atoms with E-state index in [0.717, 1.165) is 11.4 Å². The zero-order valence-corrected chi connectivity index (χ0v) is 9.78. The number of carbonyl (C=O) groups is 1. The van der Waals surface area contributed by atoms with Crippen LogP contribution in [0, 0.1) is 0 Å². The lowest BCUT2D eigenvalue weighted by Crippen LogP contribution is -2.01. The smallest absolute Gasteiger partial charge is 0.335 e. The number of carboxylic acid groups (broad SMARTS) is 1. The van der Waals surface area contributed by atoms with E-state index in [1.165, 1.54) is 7.11 Å². The molecule has 0 amide bonds. The van der Waals surface area contributed by atoms with Gasteiger partial charge < -0.3 is 14.5 Å². The molecule has 92 valence electrons. The van der Waals surface area contributed by atoms with E-state index in [2.05, 4.69) is 9.99 Å². The van der Waals surface area contributed by atoms with Gasteiger partial charge in [0, 0.05) is 11.9 Å². The molecule has 1 heterocycles. The Morgan fingerprint density at radius 1 is 1.39 bits per heavy atom. The number of hydrogen-bond donors (Lipinski definition) is 1. The van der Waals surface area contributed by atoms with Gasteiger partial charge in [-0.1, -0.05) is 11.2 Å². The van der Waals surface area contributed by atoms with Crippen LogP contribution in [0.5, 0.6) is 0 Å². The molecule has 0 aliphatic rings. The van der Waals surface area contributed by atoms with Crippen LogP contribution in [0.4, 0.5) is 0 Å². The van der Waals surface area contributed by atoms with Crippen molar-refractivity contribution in [1.82, 2.24) is 4.57 Å². The van der Waals surface area contributed by atoms with Gasteiger partial charge in [-0.3, -0.25) is 0 Å². The Labute approximate surface area is 104 Å². The standard InChI is InChI=1S/C13H12N2O3/c1-18-14-9-12-6-3-7-15(12)11-5-2-4-10(8-11)13(16)17/h2-9H,1H3,(H,16,17)/b14-9-. The van der Waals surface area contributed by atoms with Crippen LogP contribution in [-0.4, -0.2) is 29.0 Å². The molecule has 0 aliphatic heterocycles. The van der Waals surface area contributed by atoms with E-state index < -0.39 is 5.97 Å². The minimum atomic E-state index is -0.948. The van der Waals surface area contributed by atoms with Crippen molar-refractivity contribution in [3.8, 4) is 5.69 Å². The fourth-order valence-corrected chi connectivity index (χ4v) is 1.63. The van der Waals surface area contributed by atoms with Gasteiger partial charge in [-0.25, -0.2) is 4.79 Å². The van der Waals surface area contributed by atoms with E-state index in [1.54, 1.807) is 24.4 Å². The third kappa shape index (κ3) is 2.40. The fraction of sp³-hybridized carbons (Fsp3) is 0.0769. The molecule has 0 bridgehead atoms. The molecule has 0 saturated heterocycles. The third-order valence-corrected chi connectivity index (χ3v) is 2.44. The highest BCUT2D eigenvalue weighted by Gasteiger charge is 2.06. The Balaban J connectivity index is 2.42. The molecule has 0 aliphatic carbocycles. The monoisotopic (exact) mass is 244 g/mol. The Bertz CT molecular complexity index is 587. The number of oxime groups is 1. The quantitative estimate of drug-likeness (QED) is 0.662. The van der Waals surface area contributed by atoms with Gasteiger partial charge in [0.25, 0.3) is 0 Å². The summed E-state index contributed by atoms with van der Waals surface area (Å²) in [5.41, 5.74) is 1.81. The van der Waals surface area contributed by atoms with Crippen molar-refractivity contribution in [2.75, 3.05) is 7.11 Å². The first-order valence-corrected chi connectivity index (χ1v) is 5.30. The van der Waals surface area contributed by atoms with Crippen molar-refractivity contribution in [2.24, 2.45) is 5.16 Å². The molecular weight excluding hydrogens is 232 g/mol. The van der Waals surface area contributed by atoms with Crippen LogP contribution in [0.25, 0.3) is 5.69 Å². The Kier molecular flexibility index (Phi) is 3.43. The summed E-state index contributed by atoms with van der Waals surface area (Å²) in [6, 6.07) is 10.4. The van der Waals surface area contributed by atoms with Crippen molar-refractivity contribution < 1.29 is 14.7 Å². The molecule has 0 saturated carbocycles. The van der Waals surface area contributed by atoms with E-state index in [-0.39, 0.29) is 5.56 Å². The van der Waals surface area contributed by atoms with Crippen LogP contribution in [0.1, 0.15) is 16.1 Å². The largest absolute Gasteiger partial charge is 0.478 e. The van der Waals surface area contributed by atoms with E-state index >= 15 is 0 Å². The second kappa shape index (κ2) is 5.18. The van der Waals surface area contributed by atoms with Gasteiger partial charge in [0.15, 0.2) is 0 Å². The molecule has 5 heteroatoms. The number of aromatic carboxylic acids is 1. The highest BCUT2D eigenvalue weighted by Crippen LogP contribution is 2.13. The van der Waals surface area contributed by atoms with E-state index in [0.29, 0.717) is 0 Å². The second-order valence-corrected chi connectivity index (χ2v) is 3.58. The van der Waals surface area contributed by atoms with E-state index in [1.807, 2.05) is 29.0 Å². The molecule has 5 nitrogen and oxygen atoms in total. The maximum Gasteiger partial charge on any atom is 0.335 e. The number of rotatable bonds is 4. The number of benzene rings is 1. The van der Waals surface area contributed by atoms with Crippen LogP contribution >= 0.6 is 0 Å². The zero-order valence-electron chi connectivity index (χ0n) is 9.78. The highest BCUT2D eigenvalue weighted by atomic mass is 16.6. The first kappa shape index (κ1) is 11.9. The van der Waals surface area contributed by atoms with Crippen LogP contribution < -0.4 is 0 Å². The maximum atomic E-state index is 10.9. The molecule has 0 atom stereocenters. The average molecular weight is 244 g/mol. The molecule has 2 rings (SSSR count). The minimum absolute atomic E-state index is 0.246. The van der Waals surface area contributed by atoms with E-state index in [4.69, 9.17) is 5.11 Å². The number of hydrogen-bond acceptors (Lipinski definition) is 3.